The predicted molar refractivity (Wildman–Crippen MR) is 93.1 cm³/mol. The van der Waals surface area contributed by atoms with E-state index in [9.17, 15) is 4.79 Å². The van der Waals surface area contributed by atoms with Gasteiger partial charge in [-0.15, -0.1) is 0 Å². The zero-order chi connectivity index (χ0) is 17.1. The molecule has 1 aromatic carbocycles. The molecular weight excluding hydrogens is 328 g/mol. The molecule has 124 valence electrons. The van der Waals surface area contributed by atoms with E-state index >= 15 is 0 Å². The van der Waals surface area contributed by atoms with Crippen molar-refractivity contribution in [3.05, 3.63) is 46.7 Å². The Morgan fingerprint density at radius 1 is 1.21 bits per heavy atom. The Bertz CT molecular complexity index is 769. The lowest BCUT2D eigenvalue weighted by atomic mass is 10.3. The molecule has 8 heteroatoms. The first-order chi connectivity index (χ1) is 11.5. The first-order valence-electron chi connectivity index (χ1n) is 7.55. The highest BCUT2D eigenvalue weighted by atomic mass is 35.5. The number of nitrogens with zero attached hydrogens (tertiary/aromatic N) is 3. The maximum atomic E-state index is 12.5. The van der Waals surface area contributed by atoms with Crippen molar-refractivity contribution < 1.29 is 9.79 Å². The first kappa shape index (κ1) is 16.2. The number of nitrogens with one attached hydrogen (secondary N) is 3. The summed E-state index contributed by atoms with van der Waals surface area (Å²) in [4.78, 5) is 25.9. The second-order valence-corrected chi connectivity index (χ2v) is 5.90. The number of hydrogen-bond donors (Lipinski definition) is 3. The van der Waals surface area contributed by atoms with Gasteiger partial charge in [0.25, 0.3) is 5.95 Å². The fraction of sp³-hybridized carbons (Fsp3) is 0.250. The standard InChI is InChI=1S/C16H17ClN6O/c1-10-9-11(2)20-14(19-10)22-15-18-7-8-23(15)16(24)21-13-5-3-12(17)4-6-13/h3-6,9H,7-8H2,1-2H3,(H,21,24)(H,18,19,20,22)/p+1. The summed E-state index contributed by atoms with van der Waals surface area (Å²) in [5.41, 5.74) is 2.40. The summed E-state index contributed by atoms with van der Waals surface area (Å²) in [6.45, 7) is 5.00. The summed E-state index contributed by atoms with van der Waals surface area (Å²) in [5.74, 6) is 1.02. The molecule has 3 rings (SSSR count). The van der Waals surface area contributed by atoms with Crippen LogP contribution in [0.3, 0.4) is 0 Å². The molecule has 0 fully saturated rings. The Hall–Kier alpha value is -2.67. The maximum Gasteiger partial charge on any atom is 0.386 e. The van der Waals surface area contributed by atoms with E-state index in [0.29, 0.717) is 35.7 Å². The minimum atomic E-state index is -0.241. The Morgan fingerprint density at radius 2 is 1.88 bits per heavy atom. The summed E-state index contributed by atoms with van der Waals surface area (Å²) in [6.07, 6.45) is 0. The molecule has 0 bridgehead atoms. The topological polar surface area (TPSA) is 84.1 Å². The molecule has 1 aromatic heterocycles. The molecular formula is C16H18ClN6O+. The van der Waals surface area contributed by atoms with Crippen molar-refractivity contribution in [1.29, 1.82) is 0 Å². The molecule has 0 saturated carbocycles. The van der Waals surface area contributed by atoms with Gasteiger partial charge in [0.2, 0.25) is 0 Å². The smallest absolute Gasteiger partial charge is 0.294 e. The van der Waals surface area contributed by atoms with E-state index in [1.165, 1.54) is 0 Å². The van der Waals surface area contributed by atoms with Crippen LogP contribution in [0.4, 0.5) is 16.4 Å². The van der Waals surface area contributed by atoms with Crippen molar-refractivity contribution in [1.82, 2.24) is 14.9 Å². The van der Waals surface area contributed by atoms with Crippen molar-refractivity contribution in [3.8, 4) is 0 Å². The number of anilines is 2. The van der Waals surface area contributed by atoms with Crippen LogP contribution in [0.15, 0.2) is 30.3 Å². The van der Waals surface area contributed by atoms with Gasteiger partial charge in [0.15, 0.2) is 0 Å². The monoisotopic (exact) mass is 345 g/mol. The fourth-order valence-electron chi connectivity index (χ4n) is 2.42. The van der Waals surface area contributed by atoms with Gasteiger partial charge in [-0.25, -0.2) is 20.1 Å². The number of aromatic nitrogens is 2. The van der Waals surface area contributed by atoms with Crippen LogP contribution in [0, 0.1) is 13.8 Å². The Labute approximate surface area is 144 Å². The Kier molecular flexibility index (Phi) is 4.61. The predicted octanol–water partition coefficient (Wildman–Crippen LogP) is 1.14. The molecule has 2 amide bonds. The van der Waals surface area contributed by atoms with Gasteiger partial charge in [-0.1, -0.05) is 11.6 Å². The molecule has 2 heterocycles. The molecule has 2 aromatic rings. The second kappa shape index (κ2) is 6.84. The highest BCUT2D eigenvalue weighted by molar-refractivity contribution is 6.30. The van der Waals surface area contributed by atoms with E-state index in [0.717, 1.165) is 11.4 Å². The molecule has 1 aliphatic heterocycles. The van der Waals surface area contributed by atoms with Gasteiger partial charge in [0.05, 0.1) is 6.54 Å². The lowest BCUT2D eigenvalue weighted by Gasteiger charge is -2.13. The summed E-state index contributed by atoms with van der Waals surface area (Å²) in [7, 11) is 0. The van der Waals surface area contributed by atoms with Gasteiger partial charge in [0, 0.05) is 22.1 Å². The van der Waals surface area contributed by atoms with Gasteiger partial charge < -0.3 is 0 Å². The van der Waals surface area contributed by atoms with Crippen LogP contribution in [0.2, 0.25) is 5.02 Å². The molecule has 0 atom stereocenters. The van der Waals surface area contributed by atoms with Gasteiger partial charge in [-0.2, -0.15) is 4.90 Å². The number of carbonyl (C=O) groups excluding carboxylic acids is 1. The lowest BCUT2D eigenvalue weighted by Crippen LogP contribution is -2.72. The number of carbonyl (C=O) groups is 1. The van der Waals surface area contributed by atoms with Crippen LogP contribution in [0.1, 0.15) is 11.4 Å². The van der Waals surface area contributed by atoms with Crippen LogP contribution >= 0.6 is 11.6 Å². The van der Waals surface area contributed by atoms with Gasteiger partial charge in [-0.3, -0.25) is 10.3 Å². The van der Waals surface area contributed by atoms with Crippen molar-refractivity contribution in [2.24, 2.45) is 0 Å². The molecule has 24 heavy (non-hydrogen) atoms. The third-order valence-electron chi connectivity index (χ3n) is 3.45. The highest BCUT2D eigenvalue weighted by Gasteiger charge is 2.31. The van der Waals surface area contributed by atoms with Crippen molar-refractivity contribution >= 4 is 35.2 Å². The summed E-state index contributed by atoms with van der Waals surface area (Å²) < 4.78 is 0. The highest BCUT2D eigenvalue weighted by Crippen LogP contribution is 2.14. The van der Waals surface area contributed by atoms with E-state index in [2.05, 4.69) is 25.6 Å². The number of amides is 2. The third kappa shape index (κ3) is 3.80. The number of benzene rings is 1. The van der Waals surface area contributed by atoms with Crippen LogP contribution in [0.25, 0.3) is 0 Å². The van der Waals surface area contributed by atoms with E-state index in [-0.39, 0.29) is 6.03 Å². The zero-order valence-corrected chi connectivity index (χ0v) is 14.2. The van der Waals surface area contributed by atoms with Crippen LogP contribution in [0.5, 0.6) is 0 Å². The van der Waals surface area contributed by atoms with E-state index < -0.39 is 0 Å². The van der Waals surface area contributed by atoms with Gasteiger partial charge in [-0.05, 0) is 44.2 Å². The maximum absolute atomic E-state index is 12.5. The molecule has 0 aliphatic carbocycles. The fourth-order valence-corrected chi connectivity index (χ4v) is 2.55. The quantitative estimate of drug-likeness (QED) is 0.762. The van der Waals surface area contributed by atoms with E-state index in [1.807, 2.05) is 19.9 Å². The summed E-state index contributed by atoms with van der Waals surface area (Å²) >= 11 is 5.85. The second-order valence-electron chi connectivity index (χ2n) is 5.46. The largest absolute Gasteiger partial charge is 0.386 e. The zero-order valence-electron chi connectivity index (χ0n) is 13.4. The molecule has 0 radical (unpaired) electrons. The minimum absolute atomic E-state index is 0.241. The first-order valence-corrected chi connectivity index (χ1v) is 7.93. The Morgan fingerprint density at radius 3 is 2.54 bits per heavy atom. The third-order valence-corrected chi connectivity index (χ3v) is 3.70. The lowest BCUT2D eigenvalue weighted by molar-refractivity contribution is -0.444. The molecule has 7 nitrogen and oxygen atoms in total. The van der Waals surface area contributed by atoms with Crippen LogP contribution in [-0.4, -0.2) is 39.9 Å². The van der Waals surface area contributed by atoms with Gasteiger partial charge >= 0.3 is 12.0 Å². The van der Waals surface area contributed by atoms with Crippen molar-refractivity contribution in [2.75, 3.05) is 23.7 Å². The normalized spacial score (nSPS) is 13.6. The average molecular weight is 346 g/mol. The number of halogens is 1. The Balaban J connectivity index is 1.70. The summed E-state index contributed by atoms with van der Waals surface area (Å²) in [5, 5.41) is 6.53. The average Bonchev–Trinajstić information content (AvgIpc) is 2.96. The number of hydrogen-bond acceptors (Lipinski definition) is 4. The van der Waals surface area contributed by atoms with E-state index in [1.54, 1.807) is 29.2 Å². The minimum Gasteiger partial charge on any atom is -0.294 e. The van der Waals surface area contributed by atoms with Gasteiger partial charge in [0.1, 0.15) is 6.54 Å². The van der Waals surface area contributed by atoms with Crippen molar-refractivity contribution in [3.63, 3.8) is 0 Å². The molecule has 0 spiro atoms. The van der Waals surface area contributed by atoms with E-state index in [4.69, 9.17) is 11.6 Å². The van der Waals surface area contributed by atoms with Crippen LogP contribution in [-0.2, 0) is 0 Å². The molecule has 0 unspecified atom stereocenters. The van der Waals surface area contributed by atoms with Crippen molar-refractivity contribution in [2.45, 2.75) is 13.8 Å². The molecule has 0 saturated heterocycles. The number of urea groups is 1. The molecule has 1 aliphatic rings. The number of aryl methyl sites for hydroxylation is 2. The summed E-state index contributed by atoms with van der Waals surface area (Å²) in [6, 6.07) is 8.61. The molecule has 3 N–H and O–H groups in total. The number of guanidine groups is 1. The SMILES string of the molecule is Cc1cc(C)nc(NC2=[NH+]CCN2C(=O)Nc2ccc(Cl)cc2)n1. The van der Waals surface area contributed by atoms with Crippen LogP contribution < -0.4 is 15.6 Å². The number of rotatable bonds is 2.